The summed E-state index contributed by atoms with van der Waals surface area (Å²) in [6.45, 7) is 8.37. The van der Waals surface area contributed by atoms with E-state index >= 15 is 0 Å². The molecule has 33 heavy (non-hydrogen) atoms. The second-order valence-electron chi connectivity index (χ2n) is 9.16. The number of carbonyl (C=O) groups is 1. The Morgan fingerprint density at radius 2 is 1.64 bits per heavy atom. The van der Waals surface area contributed by atoms with Crippen molar-refractivity contribution in [3.8, 4) is 16.9 Å². The van der Waals surface area contributed by atoms with Gasteiger partial charge in [0.1, 0.15) is 11.4 Å². The van der Waals surface area contributed by atoms with E-state index in [1.54, 1.807) is 0 Å². The number of carbonyl (C=O) groups excluding carboxylic acids is 1. The molecule has 4 heteroatoms. The Kier molecular flexibility index (Phi) is 6.55. The van der Waals surface area contributed by atoms with Crippen molar-refractivity contribution in [3.05, 3.63) is 90.1 Å². The molecule has 170 valence electrons. The highest BCUT2D eigenvalue weighted by Gasteiger charge is 2.18. The summed E-state index contributed by atoms with van der Waals surface area (Å²) in [7, 11) is 0. The lowest BCUT2D eigenvalue weighted by Gasteiger charge is -2.19. The average Bonchev–Trinajstić information content (AvgIpc) is 3.15. The molecule has 1 heterocycles. The van der Waals surface area contributed by atoms with Crippen molar-refractivity contribution in [3.63, 3.8) is 0 Å². The molecule has 1 aromatic heterocycles. The minimum Gasteiger partial charge on any atom is -0.481 e. The van der Waals surface area contributed by atoms with Crippen LogP contribution in [-0.2, 0) is 22.5 Å². The number of hydrogen-bond donors (Lipinski definition) is 0. The first-order chi connectivity index (χ1) is 15.9. The van der Waals surface area contributed by atoms with E-state index in [0.717, 1.165) is 23.9 Å². The predicted octanol–water partition coefficient (Wildman–Crippen LogP) is 6.64. The van der Waals surface area contributed by atoms with E-state index in [9.17, 15) is 4.79 Å². The number of aromatic nitrogens is 1. The van der Waals surface area contributed by atoms with E-state index < -0.39 is 5.60 Å². The fourth-order valence-electron chi connectivity index (χ4n) is 4.15. The van der Waals surface area contributed by atoms with Gasteiger partial charge in [-0.15, -0.1) is 0 Å². The topological polar surface area (TPSA) is 40.5 Å². The molecule has 0 amide bonds. The van der Waals surface area contributed by atoms with Gasteiger partial charge in [0.2, 0.25) is 0 Å². The van der Waals surface area contributed by atoms with Crippen LogP contribution in [0.4, 0.5) is 0 Å². The summed E-state index contributed by atoms with van der Waals surface area (Å²) in [5.41, 5.74) is 5.49. The van der Waals surface area contributed by atoms with Crippen LogP contribution in [0.2, 0.25) is 0 Å². The smallest absolute Gasteiger partial charge is 0.344 e. The zero-order chi connectivity index (χ0) is 23.4. The van der Waals surface area contributed by atoms with E-state index in [1.165, 1.54) is 22.4 Å². The number of rotatable bonds is 7. The normalized spacial score (nSPS) is 11.5. The monoisotopic (exact) mass is 441 g/mol. The number of fused-ring (bicyclic) bond motifs is 1. The molecule has 0 N–H and O–H groups in total. The van der Waals surface area contributed by atoms with Gasteiger partial charge in [-0.1, -0.05) is 67.6 Å². The van der Waals surface area contributed by atoms with Crippen molar-refractivity contribution in [2.24, 2.45) is 0 Å². The Balaban J connectivity index is 1.66. The molecular formula is C29H31NO3. The molecule has 0 radical (unpaired) electrons. The number of aryl methyl sites for hydroxylation is 1. The minimum absolute atomic E-state index is 0.111. The van der Waals surface area contributed by atoms with Crippen LogP contribution in [0, 0.1) is 0 Å². The fourth-order valence-corrected chi connectivity index (χ4v) is 4.15. The molecule has 0 bridgehead atoms. The third-order valence-corrected chi connectivity index (χ3v) is 5.55. The van der Waals surface area contributed by atoms with Gasteiger partial charge in [0, 0.05) is 17.6 Å². The van der Waals surface area contributed by atoms with Gasteiger partial charge in [-0.2, -0.15) is 0 Å². The first-order valence-corrected chi connectivity index (χ1v) is 11.4. The van der Waals surface area contributed by atoms with E-state index in [2.05, 4.69) is 72.2 Å². The van der Waals surface area contributed by atoms with E-state index in [0.29, 0.717) is 5.75 Å². The third-order valence-electron chi connectivity index (χ3n) is 5.55. The van der Waals surface area contributed by atoms with Gasteiger partial charge in [0.25, 0.3) is 0 Å². The van der Waals surface area contributed by atoms with Crippen LogP contribution in [0.5, 0.6) is 5.75 Å². The maximum atomic E-state index is 12.2. The van der Waals surface area contributed by atoms with Gasteiger partial charge in [-0.3, -0.25) is 0 Å². The number of esters is 1. The van der Waals surface area contributed by atoms with Crippen LogP contribution < -0.4 is 4.74 Å². The van der Waals surface area contributed by atoms with Gasteiger partial charge in [0.15, 0.2) is 6.61 Å². The van der Waals surface area contributed by atoms with Crippen molar-refractivity contribution < 1.29 is 14.3 Å². The van der Waals surface area contributed by atoms with Gasteiger partial charge in [-0.25, -0.2) is 4.79 Å². The molecule has 0 spiro atoms. The lowest BCUT2D eigenvalue weighted by atomic mass is 9.99. The molecule has 0 aliphatic carbocycles. The first-order valence-electron chi connectivity index (χ1n) is 11.4. The zero-order valence-corrected chi connectivity index (χ0v) is 19.8. The quantitative estimate of drug-likeness (QED) is 0.302. The summed E-state index contributed by atoms with van der Waals surface area (Å²) < 4.78 is 13.6. The van der Waals surface area contributed by atoms with Crippen molar-refractivity contribution in [1.82, 2.24) is 4.57 Å². The number of nitrogens with zero attached hydrogens (tertiary/aromatic N) is 1. The SMILES string of the molecule is CCc1cc2c(OCC(=O)OC(C)(C)C)cccc2n1Cc1ccccc1-c1ccccc1. The summed E-state index contributed by atoms with van der Waals surface area (Å²) in [5, 5.41) is 1.01. The fraction of sp³-hybridized carbons (Fsp3) is 0.276. The highest BCUT2D eigenvalue weighted by Crippen LogP contribution is 2.32. The van der Waals surface area contributed by atoms with E-state index in [-0.39, 0.29) is 12.6 Å². The van der Waals surface area contributed by atoms with Gasteiger partial charge in [-0.05, 0) is 62.1 Å². The summed E-state index contributed by atoms with van der Waals surface area (Å²) in [4.78, 5) is 12.2. The minimum atomic E-state index is -0.530. The van der Waals surface area contributed by atoms with Crippen LogP contribution in [0.1, 0.15) is 39.0 Å². The molecule has 0 saturated carbocycles. The molecule has 0 fully saturated rings. The molecule has 0 saturated heterocycles. The lowest BCUT2D eigenvalue weighted by Crippen LogP contribution is -2.27. The molecule has 4 aromatic rings. The Morgan fingerprint density at radius 1 is 0.909 bits per heavy atom. The number of ether oxygens (including phenoxy) is 2. The standard InChI is InChI=1S/C29H31NO3/c1-5-23-18-25-26(16-11-17-27(25)32-20-28(31)33-29(2,3)4)30(23)19-22-14-9-10-15-24(22)21-12-7-6-8-13-21/h6-18H,5,19-20H2,1-4H3. The Morgan fingerprint density at radius 3 is 2.36 bits per heavy atom. The third kappa shape index (κ3) is 5.28. The van der Waals surface area contributed by atoms with Gasteiger partial charge >= 0.3 is 5.97 Å². The summed E-state index contributed by atoms with van der Waals surface area (Å²) in [6.07, 6.45) is 0.897. The van der Waals surface area contributed by atoms with Crippen LogP contribution in [-0.4, -0.2) is 22.7 Å². The lowest BCUT2D eigenvalue weighted by molar-refractivity contribution is -0.157. The molecule has 0 aliphatic rings. The second kappa shape index (κ2) is 9.53. The summed E-state index contributed by atoms with van der Waals surface area (Å²) >= 11 is 0. The average molecular weight is 442 g/mol. The maximum absolute atomic E-state index is 12.2. The van der Waals surface area contributed by atoms with Crippen LogP contribution >= 0.6 is 0 Å². The first kappa shape index (κ1) is 22.7. The highest BCUT2D eigenvalue weighted by molar-refractivity contribution is 5.88. The van der Waals surface area contributed by atoms with Crippen molar-refractivity contribution in [2.45, 2.75) is 46.3 Å². The number of hydrogen-bond acceptors (Lipinski definition) is 3. The van der Waals surface area contributed by atoms with Gasteiger partial charge in [0.05, 0.1) is 5.52 Å². The molecular weight excluding hydrogens is 410 g/mol. The van der Waals surface area contributed by atoms with Crippen LogP contribution in [0.25, 0.3) is 22.0 Å². The summed E-state index contributed by atoms with van der Waals surface area (Å²) in [5.74, 6) is 0.328. The largest absolute Gasteiger partial charge is 0.481 e. The second-order valence-corrected chi connectivity index (χ2v) is 9.16. The molecule has 0 aliphatic heterocycles. The molecule has 0 atom stereocenters. The van der Waals surface area contributed by atoms with Crippen LogP contribution in [0.15, 0.2) is 78.9 Å². The van der Waals surface area contributed by atoms with Crippen LogP contribution in [0.3, 0.4) is 0 Å². The zero-order valence-electron chi connectivity index (χ0n) is 19.8. The molecule has 3 aromatic carbocycles. The molecule has 4 rings (SSSR count). The number of benzene rings is 3. The Hall–Kier alpha value is -3.53. The van der Waals surface area contributed by atoms with E-state index in [4.69, 9.17) is 9.47 Å². The predicted molar refractivity (Wildman–Crippen MR) is 134 cm³/mol. The summed E-state index contributed by atoms with van der Waals surface area (Å²) in [6, 6.07) is 27.2. The van der Waals surface area contributed by atoms with Crippen molar-refractivity contribution in [2.75, 3.05) is 6.61 Å². The Bertz CT molecular complexity index is 1250. The van der Waals surface area contributed by atoms with Gasteiger partial charge < -0.3 is 14.0 Å². The van der Waals surface area contributed by atoms with E-state index in [1.807, 2.05) is 39.0 Å². The molecule has 0 unspecified atom stereocenters. The van der Waals surface area contributed by atoms with Crippen molar-refractivity contribution in [1.29, 1.82) is 0 Å². The highest BCUT2D eigenvalue weighted by atomic mass is 16.6. The van der Waals surface area contributed by atoms with Crippen molar-refractivity contribution >= 4 is 16.9 Å². The maximum Gasteiger partial charge on any atom is 0.344 e. The molecule has 4 nitrogen and oxygen atoms in total. The Labute approximate surface area is 195 Å².